The predicted molar refractivity (Wildman–Crippen MR) is 58.1 cm³/mol. The molecule has 2 N–H and O–H groups in total. The maximum Gasteiger partial charge on any atom is 0.237 e. The van der Waals surface area contributed by atoms with Crippen molar-refractivity contribution in [3.63, 3.8) is 0 Å². The van der Waals surface area contributed by atoms with Gasteiger partial charge in [-0.05, 0) is 26.2 Å². The molecule has 2 unspecified atom stereocenters. The van der Waals surface area contributed by atoms with E-state index in [0.29, 0.717) is 12.5 Å². The molecular weight excluding hydrogens is 190 g/mol. The van der Waals surface area contributed by atoms with E-state index in [1.807, 2.05) is 13.8 Å². The number of rotatable bonds is 6. The van der Waals surface area contributed by atoms with Gasteiger partial charge in [0.15, 0.2) is 0 Å². The highest BCUT2D eigenvalue weighted by atomic mass is 16.2. The minimum atomic E-state index is -0.205. The first-order valence-corrected chi connectivity index (χ1v) is 5.60. The van der Waals surface area contributed by atoms with Crippen LogP contribution in [0.5, 0.6) is 0 Å². The summed E-state index contributed by atoms with van der Waals surface area (Å²) in [5.74, 6) is 0.0499. The second-order valence-corrected chi connectivity index (χ2v) is 4.14. The van der Waals surface area contributed by atoms with Crippen molar-refractivity contribution >= 4 is 5.91 Å². The van der Waals surface area contributed by atoms with E-state index in [1.54, 1.807) is 0 Å². The Balaban J connectivity index is 2.28. The van der Waals surface area contributed by atoms with Crippen molar-refractivity contribution in [1.29, 1.82) is 5.26 Å². The van der Waals surface area contributed by atoms with Gasteiger partial charge in [-0.15, -0.1) is 0 Å². The molecule has 15 heavy (non-hydrogen) atoms. The SMILES string of the molecule is CCC(CC#N)NC(C)C(=O)NC1CC1. The van der Waals surface area contributed by atoms with Gasteiger partial charge < -0.3 is 10.6 Å². The third-order valence-corrected chi connectivity index (χ3v) is 2.63. The van der Waals surface area contributed by atoms with Gasteiger partial charge in [0.05, 0.1) is 18.5 Å². The minimum absolute atomic E-state index is 0.0499. The fraction of sp³-hybridized carbons (Fsp3) is 0.818. The van der Waals surface area contributed by atoms with Gasteiger partial charge in [0.2, 0.25) is 5.91 Å². The van der Waals surface area contributed by atoms with E-state index in [2.05, 4.69) is 16.7 Å². The standard InChI is InChI=1S/C11H19N3O/c1-3-9(6-7-12)13-8(2)11(15)14-10-4-5-10/h8-10,13H,3-6H2,1-2H3,(H,14,15). The topological polar surface area (TPSA) is 64.9 Å². The van der Waals surface area contributed by atoms with Gasteiger partial charge in [-0.2, -0.15) is 5.26 Å². The lowest BCUT2D eigenvalue weighted by Crippen LogP contribution is -2.46. The Morgan fingerprint density at radius 2 is 2.27 bits per heavy atom. The Bertz CT molecular complexity index is 255. The highest BCUT2D eigenvalue weighted by molar-refractivity contribution is 5.81. The van der Waals surface area contributed by atoms with Crippen molar-refractivity contribution in [2.24, 2.45) is 0 Å². The molecule has 4 nitrogen and oxygen atoms in total. The summed E-state index contributed by atoms with van der Waals surface area (Å²) in [6, 6.07) is 2.44. The molecule has 84 valence electrons. The number of carbonyl (C=O) groups is 1. The van der Waals surface area contributed by atoms with Crippen LogP contribution in [0.3, 0.4) is 0 Å². The highest BCUT2D eigenvalue weighted by Gasteiger charge is 2.26. The number of nitrogens with one attached hydrogen (secondary N) is 2. The van der Waals surface area contributed by atoms with Crippen LogP contribution in [0.25, 0.3) is 0 Å². The molecule has 0 aromatic carbocycles. The number of hydrogen-bond acceptors (Lipinski definition) is 3. The fourth-order valence-electron chi connectivity index (χ4n) is 1.41. The Morgan fingerprint density at radius 3 is 2.73 bits per heavy atom. The maximum absolute atomic E-state index is 11.6. The first-order valence-electron chi connectivity index (χ1n) is 5.60. The molecule has 1 aliphatic carbocycles. The molecule has 0 aromatic rings. The summed E-state index contributed by atoms with van der Waals surface area (Å²) < 4.78 is 0. The number of nitrogens with zero attached hydrogens (tertiary/aromatic N) is 1. The molecule has 1 rings (SSSR count). The van der Waals surface area contributed by atoms with Gasteiger partial charge in [0, 0.05) is 12.1 Å². The van der Waals surface area contributed by atoms with Crippen molar-refractivity contribution in [2.75, 3.05) is 0 Å². The Morgan fingerprint density at radius 1 is 1.60 bits per heavy atom. The lowest BCUT2D eigenvalue weighted by molar-refractivity contribution is -0.123. The average Bonchev–Trinajstić information content (AvgIpc) is 3.00. The molecule has 0 saturated heterocycles. The summed E-state index contributed by atoms with van der Waals surface area (Å²) >= 11 is 0. The molecule has 1 saturated carbocycles. The molecule has 1 fully saturated rings. The van der Waals surface area contributed by atoms with Crippen molar-refractivity contribution in [3.8, 4) is 6.07 Å². The zero-order valence-corrected chi connectivity index (χ0v) is 9.42. The normalized spacial score (nSPS) is 19.0. The van der Waals surface area contributed by atoms with E-state index in [0.717, 1.165) is 19.3 Å². The average molecular weight is 209 g/mol. The molecule has 0 heterocycles. The highest BCUT2D eigenvalue weighted by Crippen LogP contribution is 2.18. The Kier molecular flexibility index (Phi) is 4.57. The van der Waals surface area contributed by atoms with E-state index < -0.39 is 0 Å². The summed E-state index contributed by atoms with van der Waals surface area (Å²) in [7, 11) is 0. The lowest BCUT2D eigenvalue weighted by Gasteiger charge is -2.19. The van der Waals surface area contributed by atoms with Crippen molar-refractivity contribution in [2.45, 2.75) is 57.7 Å². The molecule has 0 spiro atoms. The lowest BCUT2D eigenvalue weighted by atomic mass is 10.1. The molecule has 4 heteroatoms. The summed E-state index contributed by atoms with van der Waals surface area (Å²) in [5.41, 5.74) is 0. The van der Waals surface area contributed by atoms with Gasteiger partial charge >= 0.3 is 0 Å². The van der Waals surface area contributed by atoms with Gasteiger partial charge in [-0.3, -0.25) is 4.79 Å². The number of amides is 1. The van der Waals surface area contributed by atoms with E-state index in [1.165, 1.54) is 0 Å². The van der Waals surface area contributed by atoms with Crippen LogP contribution in [0.1, 0.15) is 39.5 Å². The second kappa shape index (κ2) is 5.72. The fourth-order valence-corrected chi connectivity index (χ4v) is 1.41. The van der Waals surface area contributed by atoms with Crippen LogP contribution >= 0.6 is 0 Å². The number of nitriles is 1. The van der Waals surface area contributed by atoms with Crippen LogP contribution in [-0.2, 0) is 4.79 Å². The van der Waals surface area contributed by atoms with Gasteiger partial charge in [0.25, 0.3) is 0 Å². The Hall–Kier alpha value is -1.08. The minimum Gasteiger partial charge on any atom is -0.352 e. The zero-order valence-electron chi connectivity index (χ0n) is 9.42. The van der Waals surface area contributed by atoms with Gasteiger partial charge in [-0.1, -0.05) is 6.92 Å². The smallest absolute Gasteiger partial charge is 0.237 e. The molecule has 1 amide bonds. The van der Waals surface area contributed by atoms with E-state index in [-0.39, 0.29) is 18.0 Å². The van der Waals surface area contributed by atoms with Crippen molar-refractivity contribution in [1.82, 2.24) is 10.6 Å². The summed E-state index contributed by atoms with van der Waals surface area (Å²) in [6.07, 6.45) is 3.54. The molecular formula is C11H19N3O. The van der Waals surface area contributed by atoms with Crippen molar-refractivity contribution < 1.29 is 4.79 Å². The molecule has 1 aliphatic rings. The number of hydrogen-bond donors (Lipinski definition) is 2. The van der Waals surface area contributed by atoms with Crippen LogP contribution in [0.2, 0.25) is 0 Å². The first-order chi connectivity index (χ1) is 7.17. The summed E-state index contributed by atoms with van der Waals surface area (Å²) in [5, 5.41) is 14.7. The van der Waals surface area contributed by atoms with Gasteiger partial charge in [0.1, 0.15) is 0 Å². The van der Waals surface area contributed by atoms with E-state index in [4.69, 9.17) is 5.26 Å². The van der Waals surface area contributed by atoms with Crippen LogP contribution in [0.15, 0.2) is 0 Å². The van der Waals surface area contributed by atoms with Crippen LogP contribution < -0.4 is 10.6 Å². The largest absolute Gasteiger partial charge is 0.352 e. The molecule has 0 aromatic heterocycles. The maximum atomic E-state index is 11.6. The third kappa shape index (κ3) is 4.30. The second-order valence-electron chi connectivity index (χ2n) is 4.14. The summed E-state index contributed by atoms with van der Waals surface area (Å²) in [4.78, 5) is 11.6. The quantitative estimate of drug-likeness (QED) is 0.684. The molecule has 0 radical (unpaired) electrons. The molecule has 0 bridgehead atoms. The number of carbonyl (C=O) groups excluding carboxylic acids is 1. The molecule has 0 aliphatic heterocycles. The van der Waals surface area contributed by atoms with Crippen LogP contribution in [-0.4, -0.2) is 24.0 Å². The van der Waals surface area contributed by atoms with Gasteiger partial charge in [-0.25, -0.2) is 0 Å². The third-order valence-electron chi connectivity index (χ3n) is 2.63. The summed E-state index contributed by atoms with van der Waals surface area (Å²) in [6.45, 7) is 3.86. The molecule has 2 atom stereocenters. The zero-order chi connectivity index (χ0) is 11.3. The Labute approximate surface area is 91.0 Å². The predicted octanol–water partition coefficient (Wildman–Crippen LogP) is 0.935. The van der Waals surface area contributed by atoms with Crippen LogP contribution in [0, 0.1) is 11.3 Å². The monoisotopic (exact) mass is 209 g/mol. The van der Waals surface area contributed by atoms with E-state index >= 15 is 0 Å². The van der Waals surface area contributed by atoms with E-state index in [9.17, 15) is 4.79 Å². The van der Waals surface area contributed by atoms with Crippen LogP contribution in [0.4, 0.5) is 0 Å². The first kappa shape index (κ1) is 12.0. The van der Waals surface area contributed by atoms with Crippen molar-refractivity contribution in [3.05, 3.63) is 0 Å².